The van der Waals surface area contributed by atoms with Gasteiger partial charge in [-0.3, -0.25) is 14.9 Å². The molecule has 9 nitrogen and oxygen atoms in total. The molecule has 156 valence electrons. The molecule has 0 radical (unpaired) electrons. The number of piperidine rings is 1. The Morgan fingerprint density at radius 3 is 2.77 bits per heavy atom. The molecule has 0 aromatic carbocycles. The van der Waals surface area contributed by atoms with E-state index in [1.807, 2.05) is 0 Å². The van der Waals surface area contributed by atoms with Gasteiger partial charge in [0.15, 0.2) is 0 Å². The fourth-order valence-corrected chi connectivity index (χ4v) is 4.96. The Morgan fingerprint density at radius 2 is 1.97 bits per heavy atom. The fraction of sp³-hybridized carbons (Fsp3) is 0.500. The van der Waals surface area contributed by atoms with Crippen molar-refractivity contribution >= 4 is 34.9 Å². The summed E-state index contributed by atoms with van der Waals surface area (Å²) in [7, 11) is 0. The minimum Gasteiger partial charge on any atom is -0.341 e. The van der Waals surface area contributed by atoms with Gasteiger partial charge in [0, 0.05) is 38.2 Å². The fourth-order valence-electron chi connectivity index (χ4n) is 4.30. The Balaban J connectivity index is 1.27. The average molecular weight is 426 g/mol. The molecule has 0 atom stereocenters. The summed E-state index contributed by atoms with van der Waals surface area (Å²) >= 11 is 0.894. The van der Waals surface area contributed by atoms with Crippen LogP contribution in [-0.4, -0.2) is 49.0 Å². The summed E-state index contributed by atoms with van der Waals surface area (Å²) in [6, 6.07) is 1.74. The molecule has 0 unspecified atom stereocenters. The van der Waals surface area contributed by atoms with Gasteiger partial charge in [0.05, 0.1) is 10.6 Å². The largest absolute Gasteiger partial charge is 0.341 e. The Morgan fingerprint density at radius 1 is 1.10 bits per heavy atom. The van der Waals surface area contributed by atoms with Gasteiger partial charge >= 0.3 is 0 Å². The summed E-state index contributed by atoms with van der Waals surface area (Å²) in [5.74, 6) is 2.97. The first kappa shape index (κ1) is 19.2. The summed E-state index contributed by atoms with van der Waals surface area (Å²) in [5, 5.41) is 10.9. The van der Waals surface area contributed by atoms with E-state index in [0.29, 0.717) is 22.5 Å². The molecule has 30 heavy (non-hydrogen) atoms. The topological polar surface area (TPSA) is 106 Å². The van der Waals surface area contributed by atoms with Crippen LogP contribution < -0.4 is 10.2 Å². The smallest absolute Gasteiger partial charge is 0.290 e. The van der Waals surface area contributed by atoms with Crippen molar-refractivity contribution in [2.75, 3.05) is 18.0 Å². The van der Waals surface area contributed by atoms with Gasteiger partial charge in [-0.25, -0.2) is 9.97 Å². The number of nitrogens with one attached hydrogen (secondary N) is 1. The molecule has 0 saturated carbocycles. The van der Waals surface area contributed by atoms with Crippen LogP contribution in [0.3, 0.4) is 0 Å². The highest BCUT2D eigenvalue weighted by atomic mass is 32.2. The lowest BCUT2D eigenvalue weighted by atomic mass is 9.96. The number of aryl methyl sites for hydroxylation is 1. The number of hydrogen-bond acceptors (Lipinski definition) is 8. The molecule has 2 aromatic heterocycles. The molecule has 1 N–H and O–H groups in total. The Hall–Kier alpha value is -2.75. The van der Waals surface area contributed by atoms with Gasteiger partial charge in [0.2, 0.25) is 5.95 Å². The van der Waals surface area contributed by atoms with Gasteiger partial charge < -0.3 is 9.47 Å². The average Bonchev–Trinajstić information content (AvgIpc) is 3.21. The van der Waals surface area contributed by atoms with Crippen molar-refractivity contribution in [3.63, 3.8) is 0 Å². The van der Waals surface area contributed by atoms with Gasteiger partial charge in [-0.05, 0) is 49.6 Å². The minimum absolute atomic E-state index is 0.353. The van der Waals surface area contributed by atoms with E-state index in [1.54, 1.807) is 18.3 Å². The van der Waals surface area contributed by atoms with Gasteiger partial charge in [-0.2, -0.15) is 0 Å². The first-order valence-corrected chi connectivity index (χ1v) is 11.2. The third-order valence-corrected chi connectivity index (χ3v) is 6.68. The molecule has 0 spiro atoms. The Bertz CT molecular complexity index is 1010. The second kappa shape index (κ2) is 8.17. The molecule has 5 heterocycles. The molecule has 2 saturated heterocycles. The summed E-state index contributed by atoms with van der Waals surface area (Å²) in [6.45, 7) is 2.73. The molecule has 2 fully saturated rings. The minimum atomic E-state index is -0.376. The number of carbonyl (C=O) groups excluding carboxylic acids is 2. The zero-order chi connectivity index (χ0) is 20.5. The zero-order valence-corrected chi connectivity index (χ0v) is 17.4. The number of carbonyl (C=O) groups is 2. The summed E-state index contributed by atoms with van der Waals surface area (Å²) in [4.78, 5) is 34.6. The highest BCUT2D eigenvalue weighted by molar-refractivity contribution is 8.18. The molecule has 3 aliphatic rings. The maximum absolute atomic E-state index is 11.8. The first-order valence-electron chi connectivity index (χ1n) is 10.4. The number of imide groups is 1. The van der Waals surface area contributed by atoms with Gasteiger partial charge in [-0.1, -0.05) is 6.42 Å². The highest BCUT2D eigenvalue weighted by Crippen LogP contribution is 2.30. The van der Waals surface area contributed by atoms with E-state index in [2.05, 4.69) is 34.9 Å². The molecule has 10 heteroatoms. The molecule has 0 aliphatic carbocycles. The highest BCUT2D eigenvalue weighted by Gasteiger charge is 2.28. The van der Waals surface area contributed by atoms with Crippen LogP contribution in [0.5, 0.6) is 0 Å². The number of hydrogen-bond donors (Lipinski definition) is 1. The van der Waals surface area contributed by atoms with Crippen LogP contribution in [0.2, 0.25) is 0 Å². The van der Waals surface area contributed by atoms with Crippen LogP contribution in [0, 0.1) is 0 Å². The third-order valence-electron chi connectivity index (χ3n) is 5.87. The molecular formula is C20H23N7O2S. The van der Waals surface area contributed by atoms with E-state index in [-0.39, 0.29) is 11.1 Å². The monoisotopic (exact) mass is 425 g/mol. The second-order valence-corrected chi connectivity index (χ2v) is 8.85. The Kier molecular flexibility index (Phi) is 5.24. The number of nitrogens with zero attached hydrogens (tertiary/aromatic N) is 6. The van der Waals surface area contributed by atoms with Gasteiger partial charge in [-0.15, -0.1) is 10.2 Å². The summed E-state index contributed by atoms with van der Waals surface area (Å²) in [5.41, 5.74) is 0.622. The zero-order valence-electron chi connectivity index (χ0n) is 16.6. The molecule has 3 aliphatic heterocycles. The van der Waals surface area contributed by atoms with E-state index < -0.39 is 0 Å². The van der Waals surface area contributed by atoms with Crippen molar-refractivity contribution in [3.05, 3.63) is 34.5 Å². The lowest BCUT2D eigenvalue weighted by Gasteiger charge is -2.31. The lowest BCUT2D eigenvalue weighted by molar-refractivity contribution is -0.115. The van der Waals surface area contributed by atoms with E-state index >= 15 is 0 Å². The van der Waals surface area contributed by atoms with Crippen molar-refractivity contribution < 1.29 is 9.59 Å². The molecular weight excluding hydrogens is 402 g/mol. The van der Waals surface area contributed by atoms with Crippen LogP contribution in [-0.2, 0) is 17.8 Å². The van der Waals surface area contributed by atoms with Crippen molar-refractivity contribution in [2.24, 2.45) is 0 Å². The molecule has 5 rings (SSSR count). The summed E-state index contributed by atoms with van der Waals surface area (Å²) in [6.07, 6.45) is 10.00. The van der Waals surface area contributed by atoms with E-state index in [0.717, 1.165) is 62.3 Å². The first-order chi connectivity index (χ1) is 14.7. The molecule has 0 bridgehead atoms. The number of thioether (sulfide) groups is 1. The van der Waals surface area contributed by atoms with Crippen LogP contribution in [0.1, 0.15) is 55.4 Å². The predicted molar refractivity (Wildman–Crippen MR) is 113 cm³/mol. The number of fused-ring (bicyclic) bond motifs is 1. The SMILES string of the molecule is O=C1NC(=O)/C(=C\c2ccnc(N3CCC(c4nnc5n4CCCCC5)CC3)n2)S1. The molecule has 2 aromatic rings. The van der Waals surface area contributed by atoms with Crippen LogP contribution in [0.25, 0.3) is 6.08 Å². The van der Waals surface area contributed by atoms with Gasteiger partial charge in [0.1, 0.15) is 11.6 Å². The van der Waals surface area contributed by atoms with E-state index in [9.17, 15) is 9.59 Å². The number of rotatable bonds is 3. The number of anilines is 1. The maximum atomic E-state index is 11.8. The van der Waals surface area contributed by atoms with Crippen molar-refractivity contribution in [3.8, 4) is 0 Å². The van der Waals surface area contributed by atoms with Crippen molar-refractivity contribution in [1.82, 2.24) is 30.0 Å². The number of aromatic nitrogens is 5. The van der Waals surface area contributed by atoms with Crippen LogP contribution >= 0.6 is 11.8 Å². The normalized spacial score (nSPS) is 21.6. The van der Waals surface area contributed by atoms with Crippen LogP contribution in [0.15, 0.2) is 17.2 Å². The summed E-state index contributed by atoms with van der Waals surface area (Å²) < 4.78 is 2.35. The Labute approximate surface area is 178 Å². The molecule has 2 amide bonds. The van der Waals surface area contributed by atoms with Crippen molar-refractivity contribution in [1.29, 1.82) is 0 Å². The second-order valence-electron chi connectivity index (χ2n) is 7.83. The third kappa shape index (κ3) is 3.83. The van der Waals surface area contributed by atoms with Crippen LogP contribution in [0.4, 0.5) is 10.7 Å². The van der Waals surface area contributed by atoms with Gasteiger partial charge in [0.25, 0.3) is 11.1 Å². The van der Waals surface area contributed by atoms with E-state index in [4.69, 9.17) is 0 Å². The van der Waals surface area contributed by atoms with E-state index in [1.165, 1.54) is 19.3 Å². The number of amides is 2. The lowest BCUT2D eigenvalue weighted by Crippen LogP contribution is -2.35. The predicted octanol–water partition coefficient (Wildman–Crippen LogP) is 2.50. The van der Waals surface area contributed by atoms with Crippen molar-refractivity contribution in [2.45, 2.75) is 51.0 Å². The quantitative estimate of drug-likeness (QED) is 0.748. The standard InChI is InChI=1S/C20H23N7O2S/c28-18-15(30-20(29)23-18)12-14-5-8-21-19(22-14)26-10-6-13(7-11-26)17-25-24-16-4-2-1-3-9-27(16)17/h5,8,12-13H,1-4,6-7,9-11H2,(H,23,28,29)/b15-12+. The maximum Gasteiger partial charge on any atom is 0.290 e.